The van der Waals surface area contributed by atoms with Crippen LogP contribution in [-0.2, 0) is 6.61 Å². The molecule has 1 aliphatic rings. The van der Waals surface area contributed by atoms with E-state index in [0.29, 0.717) is 47.6 Å². The van der Waals surface area contributed by atoms with Crippen LogP contribution in [0.5, 0.6) is 23.0 Å². The van der Waals surface area contributed by atoms with Gasteiger partial charge in [0.2, 0.25) is 0 Å². The van der Waals surface area contributed by atoms with Crippen LogP contribution in [0.1, 0.15) is 41.3 Å². The van der Waals surface area contributed by atoms with Crippen molar-refractivity contribution in [1.82, 2.24) is 0 Å². The lowest BCUT2D eigenvalue weighted by Gasteiger charge is -2.19. The number of rotatable bonds is 7. The number of para-hydroxylation sites is 1. The van der Waals surface area contributed by atoms with Gasteiger partial charge in [-0.2, -0.15) is 0 Å². The smallest absolute Gasteiger partial charge is 0.255 e. The van der Waals surface area contributed by atoms with Crippen molar-refractivity contribution in [2.75, 3.05) is 25.6 Å². The van der Waals surface area contributed by atoms with E-state index in [2.05, 4.69) is 25.2 Å². The maximum Gasteiger partial charge on any atom is 0.255 e. The molecular weight excluding hydrogens is 406 g/mol. The average Bonchev–Trinajstić information content (AvgIpc) is 2.82. The summed E-state index contributed by atoms with van der Waals surface area (Å²) in [6, 6.07) is 18.7. The van der Waals surface area contributed by atoms with Crippen LogP contribution < -0.4 is 24.3 Å². The highest BCUT2D eigenvalue weighted by Crippen LogP contribution is 2.33. The normalized spacial score (nSPS) is 12.4. The number of fused-ring (bicyclic) bond motifs is 1. The van der Waals surface area contributed by atoms with E-state index in [0.717, 1.165) is 16.9 Å². The molecule has 6 nitrogen and oxygen atoms in total. The van der Waals surface area contributed by atoms with Gasteiger partial charge in [0.1, 0.15) is 31.3 Å². The monoisotopic (exact) mass is 433 g/mol. The molecule has 0 fully saturated rings. The third kappa shape index (κ3) is 4.80. The molecule has 0 atom stereocenters. The van der Waals surface area contributed by atoms with Crippen molar-refractivity contribution in [3.05, 3.63) is 77.4 Å². The number of benzene rings is 3. The number of hydrogen-bond acceptors (Lipinski definition) is 5. The summed E-state index contributed by atoms with van der Waals surface area (Å²) in [5.74, 6) is 2.92. The molecule has 3 aromatic carbocycles. The standard InChI is InChI=1S/C26H27NO5/c1-17(2)21-6-4-5-7-23(21)32-16-19-14-18(8-10-22(19)29-3)26(28)27-20-9-11-24-25(15-20)31-13-12-30-24/h4-11,14-15,17H,12-13,16H2,1-3H3,(H,27,28). The Labute approximate surface area is 188 Å². The topological polar surface area (TPSA) is 66.0 Å². The molecule has 6 heteroatoms. The van der Waals surface area contributed by atoms with Gasteiger partial charge in [0.25, 0.3) is 5.91 Å². The first-order valence-electron chi connectivity index (χ1n) is 10.6. The second-order valence-corrected chi connectivity index (χ2v) is 7.82. The van der Waals surface area contributed by atoms with Crippen LogP contribution >= 0.6 is 0 Å². The van der Waals surface area contributed by atoms with Crippen molar-refractivity contribution in [1.29, 1.82) is 0 Å². The molecule has 1 amide bonds. The van der Waals surface area contributed by atoms with Gasteiger partial charge in [-0.1, -0.05) is 32.0 Å². The third-order valence-corrected chi connectivity index (χ3v) is 5.27. The molecule has 32 heavy (non-hydrogen) atoms. The zero-order chi connectivity index (χ0) is 22.5. The van der Waals surface area contributed by atoms with Crippen molar-refractivity contribution < 1.29 is 23.7 Å². The third-order valence-electron chi connectivity index (χ3n) is 5.27. The Morgan fingerprint density at radius 1 is 0.969 bits per heavy atom. The highest BCUT2D eigenvalue weighted by atomic mass is 16.6. The van der Waals surface area contributed by atoms with E-state index in [1.165, 1.54) is 0 Å². The van der Waals surface area contributed by atoms with E-state index in [1.807, 2.05) is 18.2 Å². The van der Waals surface area contributed by atoms with Gasteiger partial charge in [0.05, 0.1) is 7.11 Å². The zero-order valence-corrected chi connectivity index (χ0v) is 18.5. The second-order valence-electron chi connectivity index (χ2n) is 7.82. The summed E-state index contributed by atoms with van der Waals surface area (Å²) in [6.45, 7) is 5.57. The van der Waals surface area contributed by atoms with Gasteiger partial charge >= 0.3 is 0 Å². The van der Waals surface area contributed by atoms with Crippen molar-refractivity contribution in [3.8, 4) is 23.0 Å². The molecule has 166 valence electrons. The van der Waals surface area contributed by atoms with Crippen molar-refractivity contribution in [2.45, 2.75) is 26.4 Å². The first kappa shape index (κ1) is 21.6. The van der Waals surface area contributed by atoms with E-state index in [-0.39, 0.29) is 12.5 Å². The van der Waals surface area contributed by atoms with Gasteiger partial charge in [-0.25, -0.2) is 0 Å². The number of hydrogen-bond donors (Lipinski definition) is 1. The summed E-state index contributed by atoms with van der Waals surface area (Å²) in [6.07, 6.45) is 0. The Kier molecular flexibility index (Phi) is 6.50. The molecule has 0 radical (unpaired) electrons. The summed E-state index contributed by atoms with van der Waals surface area (Å²) >= 11 is 0. The molecule has 3 aromatic rings. The lowest BCUT2D eigenvalue weighted by molar-refractivity contribution is 0.102. The number of anilines is 1. The van der Waals surface area contributed by atoms with Crippen molar-refractivity contribution >= 4 is 11.6 Å². The van der Waals surface area contributed by atoms with E-state index in [9.17, 15) is 4.79 Å². The first-order chi connectivity index (χ1) is 15.5. The Bertz CT molecular complexity index is 1110. The summed E-state index contributed by atoms with van der Waals surface area (Å²) < 4.78 is 22.7. The maximum atomic E-state index is 12.9. The fourth-order valence-electron chi connectivity index (χ4n) is 3.60. The van der Waals surface area contributed by atoms with Gasteiger partial charge in [-0.05, 0) is 47.9 Å². The number of carbonyl (C=O) groups excluding carboxylic acids is 1. The SMILES string of the molecule is COc1ccc(C(=O)Nc2ccc3c(c2)OCCO3)cc1COc1ccccc1C(C)C. The van der Waals surface area contributed by atoms with Crippen LogP contribution in [-0.4, -0.2) is 26.2 Å². The Balaban J connectivity index is 1.51. The molecule has 0 unspecified atom stereocenters. The average molecular weight is 434 g/mol. The minimum absolute atomic E-state index is 0.229. The van der Waals surface area contributed by atoms with Gasteiger partial charge in [-0.3, -0.25) is 4.79 Å². The number of methoxy groups -OCH3 is 1. The molecule has 1 heterocycles. The second kappa shape index (κ2) is 9.64. The van der Waals surface area contributed by atoms with E-state index in [1.54, 1.807) is 43.5 Å². The first-order valence-corrected chi connectivity index (χ1v) is 10.6. The van der Waals surface area contributed by atoms with Gasteiger partial charge in [-0.15, -0.1) is 0 Å². The zero-order valence-electron chi connectivity index (χ0n) is 18.5. The van der Waals surface area contributed by atoms with Crippen molar-refractivity contribution in [2.24, 2.45) is 0 Å². The fourth-order valence-corrected chi connectivity index (χ4v) is 3.60. The van der Waals surface area contributed by atoms with Gasteiger partial charge in [0, 0.05) is 22.9 Å². The molecular formula is C26H27NO5. The van der Waals surface area contributed by atoms with Crippen LogP contribution in [0.4, 0.5) is 5.69 Å². The summed E-state index contributed by atoms with van der Waals surface area (Å²) in [4.78, 5) is 12.9. The molecule has 4 rings (SSSR count). The summed E-state index contributed by atoms with van der Waals surface area (Å²) in [5, 5.41) is 2.91. The molecule has 1 aliphatic heterocycles. The largest absolute Gasteiger partial charge is 0.496 e. The predicted molar refractivity (Wildman–Crippen MR) is 123 cm³/mol. The Morgan fingerprint density at radius 2 is 1.75 bits per heavy atom. The maximum absolute atomic E-state index is 12.9. The van der Waals surface area contributed by atoms with Gasteiger partial charge in [0.15, 0.2) is 11.5 Å². The lowest BCUT2D eigenvalue weighted by atomic mass is 10.0. The molecule has 1 N–H and O–H groups in total. The highest BCUT2D eigenvalue weighted by molar-refractivity contribution is 6.04. The fraction of sp³-hybridized carbons (Fsp3) is 0.269. The molecule has 0 saturated heterocycles. The minimum Gasteiger partial charge on any atom is -0.496 e. The number of carbonyl (C=O) groups is 1. The highest BCUT2D eigenvalue weighted by Gasteiger charge is 2.15. The van der Waals surface area contributed by atoms with E-state index >= 15 is 0 Å². The predicted octanol–water partition coefficient (Wildman–Crippen LogP) is 5.42. The quantitative estimate of drug-likeness (QED) is 0.539. The van der Waals surface area contributed by atoms with E-state index < -0.39 is 0 Å². The van der Waals surface area contributed by atoms with Crippen LogP contribution in [0.2, 0.25) is 0 Å². The molecule has 0 aliphatic carbocycles. The summed E-state index contributed by atoms with van der Waals surface area (Å²) in [7, 11) is 1.61. The molecule has 0 saturated carbocycles. The van der Waals surface area contributed by atoms with Crippen LogP contribution in [0.25, 0.3) is 0 Å². The lowest BCUT2D eigenvalue weighted by Crippen LogP contribution is -2.16. The van der Waals surface area contributed by atoms with E-state index in [4.69, 9.17) is 18.9 Å². The van der Waals surface area contributed by atoms with Crippen LogP contribution in [0.3, 0.4) is 0 Å². The molecule has 0 bridgehead atoms. The minimum atomic E-state index is -0.229. The molecule has 0 spiro atoms. The number of amides is 1. The van der Waals surface area contributed by atoms with Gasteiger partial charge < -0.3 is 24.3 Å². The number of nitrogens with one attached hydrogen (secondary N) is 1. The number of ether oxygens (including phenoxy) is 4. The Hall–Kier alpha value is -3.67. The summed E-state index contributed by atoms with van der Waals surface area (Å²) in [5.41, 5.74) is 3.08. The Morgan fingerprint density at radius 3 is 2.53 bits per heavy atom. The van der Waals surface area contributed by atoms with Crippen LogP contribution in [0, 0.1) is 0 Å². The molecule has 0 aromatic heterocycles. The van der Waals surface area contributed by atoms with Crippen molar-refractivity contribution in [3.63, 3.8) is 0 Å². The van der Waals surface area contributed by atoms with Crippen LogP contribution in [0.15, 0.2) is 60.7 Å².